The first-order chi connectivity index (χ1) is 15.1. The van der Waals surface area contributed by atoms with Crippen LogP contribution < -0.4 is 4.74 Å². The summed E-state index contributed by atoms with van der Waals surface area (Å²) in [4.78, 5) is 29.7. The van der Waals surface area contributed by atoms with Crippen molar-refractivity contribution in [1.82, 2.24) is 20.0 Å². The van der Waals surface area contributed by atoms with Gasteiger partial charge >= 0.3 is 0 Å². The van der Waals surface area contributed by atoms with E-state index in [9.17, 15) is 14.7 Å². The highest BCUT2D eigenvalue weighted by Crippen LogP contribution is 2.37. The van der Waals surface area contributed by atoms with Gasteiger partial charge < -0.3 is 19.6 Å². The molecule has 1 aromatic heterocycles. The summed E-state index contributed by atoms with van der Waals surface area (Å²) in [5.41, 5.74) is 0.845. The second-order valence-electron chi connectivity index (χ2n) is 8.51. The fourth-order valence-corrected chi connectivity index (χ4v) is 4.54. The van der Waals surface area contributed by atoms with Crippen molar-refractivity contribution in [2.24, 2.45) is 5.41 Å². The first-order valence-electron chi connectivity index (χ1n) is 11.0. The summed E-state index contributed by atoms with van der Waals surface area (Å²) in [5.74, 6) is 0.386. The second kappa shape index (κ2) is 9.51. The molecule has 0 unspecified atom stereocenters. The Balaban J connectivity index is 1.57. The molecule has 0 atom stereocenters. The first kappa shape index (κ1) is 21.4. The molecule has 1 aromatic carbocycles. The Hall–Kier alpha value is -2.87. The maximum Gasteiger partial charge on any atom is 0.271 e. The molecule has 2 bridgehead atoms. The van der Waals surface area contributed by atoms with Gasteiger partial charge in [-0.1, -0.05) is 18.6 Å². The average molecular weight is 427 g/mol. The summed E-state index contributed by atoms with van der Waals surface area (Å²) in [6.45, 7) is 2.72. The molecule has 3 aliphatic heterocycles. The Morgan fingerprint density at radius 2 is 1.90 bits per heavy atom. The maximum absolute atomic E-state index is 13.2. The van der Waals surface area contributed by atoms with E-state index in [0.717, 1.165) is 32.1 Å². The topological polar surface area (TPSA) is 98.8 Å². The highest BCUT2D eigenvalue weighted by molar-refractivity contribution is 5.97. The van der Waals surface area contributed by atoms with Crippen LogP contribution in [0.15, 0.2) is 36.5 Å². The summed E-state index contributed by atoms with van der Waals surface area (Å²) >= 11 is 0. The molecule has 0 spiro atoms. The zero-order valence-corrected chi connectivity index (χ0v) is 17.8. The molecule has 8 nitrogen and oxygen atoms in total. The van der Waals surface area contributed by atoms with E-state index in [4.69, 9.17) is 4.74 Å². The minimum Gasteiger partial charge on any atom is -0.491 e. The lowest BCUT2D eigenvalue weighted by atomic mass is 9.75. The number of carbonyl (C=O) groups is 2. The normalized spacial score (nSPS) is 19.8. The smallest absolute Gasteiger partial charge is 0.271 e. The fraction of sp³-hybridized carbons (Fsp3) is 0.522. The van der Waals surface area contributed by atoms with E-state index < -0.39 is 0 Å². The standard InChI is InChI=1S/C23H30N4O4/c28-17-23-8-3-4-12-26(22(30)19-7-11-24-25-19)15-16-31-20-6-2-1-5-18(20)21(29)27(13-9-23)14-10-23/h1-2,5-7,11,28H,3-4,8-10,12-17H2,(H,24,25). The van der Waals surface area contributed by atoms with E-state index >= 15 is 0 Å². The van der Waals surface area contributed by atoms with Crippen molar-refractivity contribution in [2.45, 2.75) is 32.1 Å². The number of fused-ring (bicyclic) bond motifs is 9. The molecule has 31 heavy (non-hydrogen) atoms. The monoisotopic (exact) mass is 426 g/mol. The van der Waals surface area contributed by atoms with Gasteiger partial charge in [0.15, 0.2) is 0 Å². The summed E-state index contributed by atoms with van der Waals surface area (Å²) in [7, 11) is 0. The molecule has 8 heteroatoms. The largest absolute Gasteiger partial charge is 0.491 e. The Bertz CT molecular complexity index is 891. The van der Waals surface area contributed by atoms with E-state index in [1.54, 1.807) is 29.3 Å². The number of para-hydroxylation sites is 1. The molecule has 1 saturated heterocycles. The number of hydrogen-bond donors (Lipinski definition) is 2. The van der Waals surface area contributed by atoms with Crippen LogP contribution in [-0.4, -0.2) is 76.3 Å². The van der Waals surface area contributed by atoms with E-state index in [2.05, 4.69) is 10.2 Å². The van der Waals surface area contributed by atoms with Gasteiger partial charge in [0.05, 0.1) is 12.1 Å². The van der Waals surface area contributed by atoms with Gasteiger partial charge in [-0.15, -0.1) is 0 Å². The number of H-pyrrole nitrogens is 1. The molecular formula is C23H30N4O4. The number of aliphatic hydroxyl groups is 1. The van der Waals surface area contributed by atoms with Crippen LogP contribution in [0.25, 0.3) is 0 Å². The van der Waals surface area contributed by atoms with Crippen LogP contribution in [0.2, 0.25) is 0 Å². The molecule has 0 radical (unpaired) electrons. The van der Waals surface area contributed by atoms with Crippen LogP contribution in [0.1, 0.15) is 53.0 Å². The molecule has 2 amide bonds. The maximum atomic E-state index is 13.2. The summed E-state index contributed by atoms with van der Waals surface area (Å²) < 4.78 is 5.97. The third kappa shape index (κ3) is 4.74. The van der Waals surface area contributed by atoms with Crippen LogP contribution >= 0.6 is 0 Å². The SMILES string of the molecule is O=C(c1ccn[nH]1)N1CCCCC2(CO)CCN(CC2)C(=O)c2ccccc2OCC1. The van der Waals surface area contributed by atoms with Crippen molar-refractivity contribution in [2.75, 3.05) is 39.4 Å². The van der Waals surface area contributed by atoms with Gasteiger partial charge in [0.1, 0.15) is 18.1 Å². The number of piperidine rings is 1. The quantitative estimate of drug-likeness (QED) is 0.768. The van der Waals surface area contributed by atoms with Gasteiger partial charge in [0, 0.05) is 32.4 Å². The Morgan fingerprint density at radius 1 is 1.10 bits per heavy atom. The number of benzene rings is 1. The number of amides is 2. The first-order valence-corrected chi connectivity index (χ1v) is 11.0. The molecule has 4 heterocycles. The second-order valence-corrected chi connectivity index (χ2v) is 8.51. The molecule has 166 valence electrons. The number of carbonyl (C=O) groups excluding carboxylic acids is 2. The van der Waals surface area contributed by atoms with Crippen LogP contribution in [0.5, 0.6) is 5.75 Å². The van der Waals surface area contributed by atoms with Gasteiger partial charge in [0.25, 0.3) is 11.8 Å². The van der Waals surface area contributed by atoms with Crippen molar-refractivity contribution in [3.63, 3.8) is 0 Å². The zero-order chi connectivity index (χ0) is 21.7. The average Bonchev–Trinajstić information content (AvgIpc) is 3.35. The third-order valence-electron chi connectivity index (χ3n) is 6.59. The van der Waals surface area contributed by atoms with Crippen LogP contribution in [0.4, 0.5) is 0 Å². The lowest BCUT2D eigenvalue weighted by molar-refractivity contribution is 0.0297. The van der Waals surface area contributed by atoms with E-state index in [1.807, 2.05) is 17.0 Å². The molecule has 0 aliphatic carbocycles. The number of aromatic amines is 1. The van der Waals surface area contributed by atoms with E-state index in [-0.39, 0.29) is 23.8 Å². The molecule has 2 aromatic rings. The number of aromatic nitrogens is 2. The lowest BCUT2D eigenvalue weighted by Gasteiger charge is -2.41. The number of hydrogen-bond acceptors (Lipinski definition) is 5. The molecule has 0 saturated carbocycles. The molecule has 2 N–H and O–H groups in total. The van der Waals surface area contributed by atoms with Gasteiger partial charge in [-0.25, -0.2) is 0 Å². The Labute approximate surface area is 182 Å². The third-order valence-corrected chi connectivity index (χ3v) is 6.59. The molecule has 3 aliphatic rings. The van der Waals surface area contributed by atoms with Crippen molar-refractivity contribution in [1.29, 1.82) is 0 Å². The van der Waals surface area contributed by atoms with Crippen molar-refractivity contribution >= 4 is 11.8 Å². The molecule has 5 rings (SSSR count). The van der Waals surface area contributed by atoms with Crippen molar-refractivity contribution < 1.29 is 19.4 Å². The number of aliphatic hydroxyl groups excluding tert-OH is 1. The minimum absolute atomic E-state index is 0.0394. The van der Waals surface area contributed by atoms with Gasteiger partial charge in [-0.2, -0.15) is 5.10 Å². The predicted molar refractivity (Wildman–Crippen MR) is 115 cm³/mol. The number of ether oxygens (including phenoxy) is 1. The number of rotatable bonds is 2. The summed E-state index contributed by atoms with van der Waals surface area (Å²) in [6.07, 6.45) is 5.80. The van der Waals surface area contributed by atoms with Gasteiger partial charge in [-0.3, -0.25) is 14.7 Å². The van der Waals surface area contributed by atoms with E-state index in [0.29, 0.717) is 49.8 Å². The van der Waals surface area contributed by atoms with Crippen LogP contribution in [-0.2, 0) is 0 Å². The van der Waals surface area contributed by atoms with Gasteiger partial charge in [-0.05, 0) is 49.3 Å². The highest BCUT2D eigenvalue weighted by Gasteiger charge is 2.36. The van der Waals surface area contributed by atoms with Crippen molar-refractivity contribution in [3.8, 4) is 5.75 Å². The summed E-state index contributed by atoms with van der Waals surface area (Å²) in [5, 5.41) is 16.7. The number of nitrogens with one attached hydrogen (secondary N) is 1. The fourth-order valence-electron chi connectivity index (χ4n) is 4.54. The van der Waals surface area contributed by atoms with Crippen LogP contribution in [0, 0.1) is 5.41 Å². The molecular weight excluding hydrogens is 396 g/mol. The van der Waals surface area contributed by atoms with Crippen LogP contribution in [0.3, 0.4) is 0 Å². The Morgan fingerprint density at radius 3 is 2.65 bits per heavy atom. The zero-order valence-electron chi connectivity index (χ0n) is 17.8. The Kier molecular flexibility index (Phi) is 6.56. The minimum atomic E-state index is -0.148. The highest BCUT2D eigenvalue weighted by atomic mass is 16.5. The van der Waals surface area contributed by atoms with Gasteiger partial charge in [0.2, 0.25) is 0 Å². The lowest BCUT2D eigenvalue weighted by Crippen LogP contribution is -2.44. The predicted octanol–water partition coefficient (Wildman–Crippen LogP) is 2.33. The van der Waals surface area contributed by atoms with E-state index in [1.165, 1.54) is 0 Å². The number of nitrogens with zero attached hydrogens (tertiary/aromatic N) is 3. The molecule has 1 fully saturated rings. The summed E-state index contributed by atoms with van der Waals surface area (Å²) in [6, 6.07) is 8.94. The van der Waals surface area contributed by atoms with Crippen molar-refractivity contribution in [3.05, 3.63) is 47.8 Å².